The lowest BCUT2D eigenvalue weighted by Gasteiger charge is -2.07. The van der Waals surface area contributed by atoms with Crippen LogP contribution in [-0.2, 0) is 14.8 Å². The number of carbonyl (C=O) groups is 1. The molecule has 1 aromatic heterocycles. The second kappa shape index (κ2) is 8.91. The highest BCUT2D eigenvalue weighted by Gasteiger charge is 2.19. The van der Waals surface area contributed by atoms with Crippen LogP contribution in [0.4, 0.5) is 11.6 Å². The van der Waals surface area contributed by atoms with Crippen molar-refractivity contribution in [1.82, 2.24) is 5.16 Å². The third-order valence-electron chi connectivity index (χ3n) is 4.22. The molecule has 2 N–H and O–H groups in total. The van der Waals surface area contributed by atoms with Crippen LogP contribution in [0.2, 0.25) is 10.0 Å². The summed E-state index contributed by atoms with van der Waals surface area (Å²) in [6, 6.07) is 10.7. The lowest BCUT2D eigenvalue weighted by Crippen LogP contribution is -2.13. The lowest BCUT2D eigenvalue weighted by molar-refractivity contribution is -0.111. The third kappa shape index (κ3) is 5.02. The van der Waals surface area contributed by atoms with E-state index in [-0.39, 0.29) is 10.8 Å². The summed E-state index contributed by atoms with van der Waals surface area (Å²) in [5, 5.41) is 7.20. The average molecular weight is 466 g/mol. The number of halogens is 2. The Balaban J connectivity index is 1.69. The fraction of sp³-hybridized carbons (Fsp3) is 0.100. The minimum absolute atomic E-state index is 0.00680. The molecule has 2 aromatic carbocycles. The van der Waals surface area contributed by atoms with Gasteiger partial charge in [0.1, 0.15) is 0 Å². The molecular weight excluding hydrogens is 449 g/mol. The highest BCUT2D eigenvalue weighted by molar-refractivity contribution is 7.92. The van der Waals surface area contributed by atoms with E-state index < -0.39 is 15.9 Å². The van der Waals surface area contributed by atoms with E-state index >= 15 is 0 Å². The van der Waals surface area contributed by atoms with Crippen LogP contribution >= 0.6 is 23.2 Å². The standard InChI is InChI=1S/C20H17Cl2N3O4S/c1-12-13(2)24-29-20(12)25-30(27,28)15-8-6-14(7-9-15)23-19(26)11-10-16-17(21)4-3-5-18(16)22/h3-11,25H,1-2H3,(H,23,26). The Hall–Kier alpha value is -2.81. The van der Waals surface area contributed by atoms with Gasteiger partial charge in [0.15, 0.2) is 0 Å². The number of aromatic nitrogens is 1. The molecule has 0 radical (unpaired) electrons. The second-order valence-electron chi connectivity index (χ2n) is 6.31. The van der Waals surface area contributed by atoms with Gasteiger partial charge in [0.05, 0.1) is 10.6 Å². The van der Waals surface area contributed by atoms with Gasteiger partial charge in [0.2, 0.25) is 11.8 Å². The Labute approximate surface area is 183 Å². The van der Waals surface area contributed by atoms with Gasteiger partial charge in [-0.15, -0.1) is 0 Å². The molecule has 30 heavy (non-hydrogen) atoms. The molecule has 1 amide bonds. The van der Waals surface area contributed by atoms with Crippen LogP contribution < -0.4 is 10.0 Å². The van der Waals surface area contributed by atoms with Crippen molar-refractivity contribution in [3.8, 4) is 0 Å². The number of amides is 1. The summed E-state index contributed by atoms with van der Waals surface area (Å²) >= 11 is 12.1. The van der Waals surface area contributed by atoms with Crippen LogP contribution in [0.5, 0.6) is 0 Å². The number of nitrogens with one attached hydrogen (secondary N) is 2. The molecule has 0 bridgehead atoms. The van der Waals surface area contributed by atoms with Crippen molar-refractivity contribution in [2.24, 2.45) is 0 Å². The van der Waals surface area contributed by atoms with Crippen molar-refractivity contribution >= 4 is 56.8 Å². The number of nitrogens with zero attached hydrogens (tertiary/aromatic N) is 1. The Kier molecular flexibility index (Phi) is 6.50. The Morgan fingerprint density at radius 1 is 1.07 bits per heavy atom. The number of rotatable bonds is 6. The number of hydrogen-bond donors (Lipinski definition) is 2. The summed E-state index contributed by atoms with van der Waals surface area (Å²) in [6.45, 7) is 3.41. The Morgan fingerprint density at radius 2 is 1.70 bits per heavy atom. The van der Waals surface area contributed by atoms with Gasteiger partial charge in [-0.25, -0.2) is 13.1 Å². The Bertz CT molecular complexity index is 1200. The maximum atomic E-state index is 12.5. The molecule has 3 rings (SSSR count). The largest absolute Gasteiger partial charge is 0.337 e. The molecule has 0 aliphatic rings. The summed E-state index contributed by atoms with van der Waals surface area (Å²) < 4.78 is 32.3. The molecule has 156 valence electrons. The second-order valence-corrected chi connectivity index (χ2v) is 8.81. The van der Waals surface area contributed by atoms with Crippen molar-refractivity contribution in [3.05, 3.63) is 75.4 Å². The summed E-state index contributed by atoms with van der Waals surface area (Å²) in [5.41, 5.74) is 2.15. The minimum atomic E-state index is -3.86. The van der Waals surface area contributed by atoms with E-state index in [2.05, 4.69) is 15.2 Å². The maximum Gasteiger partial charge on any atom is 0.264 e. The quantitative estimate of drug-likeness (QED) is 0.495. The normalized spacial score (nSPS) is 11.6. The lowest BCUT2D eigenvalue weighted by atomic mass is 10.2. The molecule has 0 saturated heterocycles. The number of aryl methyl sites for hydroxylation is 1. The smallest absolute Gasteiger partial charge is 0.264 e. The van der Waals surface area contributed by atoms with Gasteiger partial charge in [0, 0.05) is 32.9 Å². The fourth-order valence-corrected chi connectivity index (χ4v) is 3.99. The van der Waals surface area contributed by atoms with Gasteiger partial charge in [-0.1, -0.05) is 34.4 Å². The number of hydrogen-bond acceptors (Lipinski definition) is 5. The van der Waals surface area contributed by atoms with E-state index in [0.717, 1.165) is 0 Å². The van der Waals surface area contributed by atoms with Gasteiger partial charge >= 0.3 is 0 Å². The number of sulfonamides is 1. The predicted octanol–water partition coefficient (Wildman–Crippen LogP) is 5.05. The van der Waals surface area contributed by atoms with Gasteiger partial charge in [0.25, 0.3) is 10.0 Å². The number of anilines is 2. The van der Waals surface area contributed by atoms with Crippen molar-refractivity contribution in [2.45, 2.75) is 18.7 Å². The predicted molar refractivity (Wildman–Crippen MR) is 117 cm³/mol. The zero-order chi connectivity index (χ0) is 21.9. The van der Waals surface area contributed by atoms with Crippen LogP contribution in [0, 0.1) is 13.8 Å². The third-order valence-corrected chi connectivity index (χ3v) is 6.22. The molecule has 7 nitrogen and oxygen atoms in total. The van der Waals surface area contributed by atoms with Gasteiger partial charge in [-0.2, -0.15) is 0 Å². The van der Waals surface area contributed by atoms with E-state index in [1.54, 1.807) is 32.0 Å². The molecular formula is C20H17Cl2N3O4S. The average Bonchev–Trinajstić information content (AvgIpc) is 2.99. The SMILES string of the molecule is Cc1noc(NS(=O)(=O)c2ccc(NC(=O)C=Cc3c(Cl)cccc3Cl)cc2)c1C. The first-order valence-corrected chi connectivity index (χ1v) is 10.9. The molecule has 3 aromatic rings. The minimum Gasteiger partial charge on any atom is -0.337 e. The monoisotopic (exact) mass is 465 g/mol. The Morgan fingerprint density at radius 3 is 2.27 bits per heavy atom. The summed E-state index contributed by atoms with van der Waals surface area (Å²) in [5.74, 6) is -0.360. The van der Waals surface area contributed by atoms with Gasteiger partial charge in [-0.05, 0) is 56.3 Å². The highest BCUT2D eigenvalue weighted by atomic mass is 35.5. The molecule has 0 unspecified atom stereocenters. The zero-order valence-electron chi connectivity index (χ0n) is 15.9. The van der Waals surface area contributed by atoms with Crippen LogP contribution in [0.25, 0.3) is 6.08 Å². The molecule has 0 atom stereocenters. The molecule has 0 aliphatic heterocycles. The van der Waals surface area contributed by atoms with Crippen LogP contribution in [0.1, 0.15) is 16.8 Å². The van der Waals surface area contributed by atoms with Crippen molar-refractivity contribution in [2.75, 3.05) is 10.0 Å². The first-order valence-electron chi connectivity index (χ1n) is 8.66. The van der Waals surface area contributed by atoms with E-state index in [9.17, 15) is 13.2 Å². The summed E-state index contributed by atoms with van der Waals surface area (Å²) in [7, 11) is -3.86. The van der Waals surface area contributed by atoms with E-state index in [1.807, 2.05) is 0 Å². The van der Waals surface area contributed by atoms with Crippen molar-refractivity contribution in [1.29, 1.82) is 0 Å². The van der Waals surface area contributed by atoms with Gasteiger partial charge < -0.3 is 9.84 Å². The topological polar surface area (TPSA) is 101 Å². The highest BCUT2D eigenvalue weighted by Crippen LogP contribution is 2.26. The van der Waals surface area contributed by atoms with Crippen LogP contribution in [0.3, 0.4) is 0 Å². The van der Waals surface area contributed by atoms with E-state index in [0.29, 0.717) is 32.6 Å². The molecule has 0 spiro atoms. The number of benzene rings is 2. The molecule has 0 fully saturated rings. The molecule has 1 heterocycles. The summed E-state index contributed by atoms with van der Waals surface area (Å²) in [4.78, 5) is 12.1. The molecule has 0 saturated carbocycles. The van der Waals surface area contributed by atoms with Crippen LogP contribution in [-0.4, -0.2) is 19.5 Å². The van der Waals surface area contributed by atoms with E-state index in [4.69, 9.17) is 27.7 Å². The number of carbonyl (C=O) groups excluding carboxylic acids is 1. The fourth-order valence-electron chi connectivity index (χ4n) is 2.42. The molecule has 0 aliphatic carbocycles. The first-order chi connectivity index (χ1) is 14.2. The first kappa shape index (κ1) is 21.9. The molecule has 10 heteroatoms. The van der Waals surface area contributed by atoms with E-state index in [1.165, 1.54) is 36.4 Å². The van der Waals surface area contributed by atoms with Gasteiger partial charge in [-0.3, -0.25) is 4.79 Å². The summed E-state index contributed by atoms with van der Waals surface area (Å²) in [6.07, 6.45) is 2.79. The van der Waals surface area contributed by atoms with Crippen LogP contribution in [0.15, 0.2) is 58.0 Å². The maximum absolute atomic E-state index is 12.5. The van der Waals surface area contributed by atoms with Crippen molar-refractivity contribution in [3.63, 3.8) is 0 Å². The zero-order valence-corrected chi connectivity index (χ0v) is 18.3. The van der Waals surface area contributed by atoms with Crippen molar-refractivity contribution < 1.29 is 17.7 Å².